The van der Waals surface area contributed by atoms with Crippen molar-refractivity contribution in [3.05, 3.63) is 57.7 Å². The van der Waals surface area contributed by atoms with Gasteiger partial charge in [-0.15, -0.1) is 0 Å². The molecule has 2 aromatic carbocycles. The molecule has 2 N–H and O–H groups in total. The fraction of sp³-hybridized carbons (Fsp3) is 0.211. The lowest BCUT2D eigenvalue weighted by Gasteiger charge is -2.12. The van der Waals surface area contributed by atoms with Crippen LogP contribution in [0.3, 0.4) is 0 Å². The van der Waals surface area contributed by atoms with E-state index in [9.17, 15) is 4.79 Å². The van der Waals surface area contributed by atoms with Gasteiger partial charge in [0.05, 0.1) is 12.8 Å². The number of nitrogens with one attached hydrogen (secondary N) is 2. The van der Waals surface area contributed by atoms with Crippen molar-refractivity contribution >= 4 is 34.1 Å². The van der Waals surface area contributed by atoms with Crippen LogP contribution in [0.4, 0.5) is 5.69 Å². The summed E-state index contributed by atoms with van der Waals surface area (Å²) in [6, 6.07) is 9.59. The van der Waals surface area contributed by atoms with Gasteiger partial charge in [-0.3, -0.25) is 4.79 Å². The second-order valence-electron chi connectivity index (χ2n) is 5.93. The molecule has 0 aliphatic carbocycles. The highest BCUT2D eigenvalue weighted by molar-refractivity contribution is 6.31. The molecule has 1 heterocycles. The zero-order valence-electron chi connectivity index (χ0n) is 14.1. The molecule has 0 saturated heterocycles. The third-order valence-electron chi connectivity index (χ3n) is 4.17. The third kappa shape index (κ3) is 2.85. The number of ether oxygens (including phenoxy) is 1. The minimum atomic E-state index is -0.207. The maximum absolute atomic E-state index is 12.7. The zero-order valence-corrected chi connectivity index (χ0v) is 14.8. The van der Waals surface area contributed by atoms with Crippen molar-refractivity contribution in [1.29, 1.82) is 0 Å². The lowest BCUT2D eigenvalue weighted by molar-refractivity contribution is 0.102. The van der Waals surface area contributed by atoms with Crippen LogP contribution in [0.1, 0.15) is 27.2 Å². The highest BCUT2D eigenvalue weighted by Gasteiger charge is 2.17. The number of H-pyrrole nitrogens is 1. The van der Waals surface area contributed by atoms with E-state index >= 15 is 0 Å². The summed E-state index contributed by atoms with van der Waals surface area (Å²) in [5.74, 6) is 0.324. The summed E-state index contributed by atoms with van der Waals surface area (Å²) in [5.41, 5.74) is 5.05. The van der Waals surface area contributed by atoms with Gasteiger partial charge in [0.15, 0.2) is 0 Å². The Kier molecular flexibility index (Phi) is 4.24. The number of anilines is 1. The lowest BCUT2D eigenvalue weighted by Crippen LogP contribution is -2.14. The van der Waals surface area contributed by atoms with Crippen LogP contribution >= 0.6 is 11.6 Å². The molecule has 1 amide bonds. The van der Waals surface area contributed by atoms with Gasteiger partial charge in [-0.25, -0.2) is 0 Å². The fourth-order valence-corrected chi connectivity index (χ4v) is 2.94. The van der Waals surface area contributed by atoms with Crippen LogP contribution in [-0.4, -0.2) is 18.0 Å². The Morgan fingerprint density at radius 1 is 1.17 bits per heavy atom. The van der Waals surface area contributed by atoms with Gasteiger partial charge in [0, 0.05) is 22.0 Å². The Morgan fingerprint density at radius 3 is 2.62 bits per heavy atom. The number of amides is 1. The monoisotopic (exact) mass is 342 g/mol. The first kappa shape index (κ1) is 16.4. The van der Waals surface area contributed by atoms with E-state index in [4.69, 9.17) is 16.3 Å². The summed E-state index contributed by atoms with van der Waals surface area (Å²) in [7, 11) is 1.55. The molecule has 4 nitrogen and oxygen atoms in total. The molecule has 0 fully saturated rings. The average Bonchev–Trinajstić information content (AvgIpc) is 2.87. The first-order chi connectivity index (χ1) is 11.4. The molecule has 0 aliphatic heterocycles. The van der Waals surface area contributed by atoms with E-state index in [1.807, 2.05) is 32.9 Å². The Hall–Kier alpha value is -2.46. The van der Waals surface area contributed by atoms with Gasteiger partial charge in [-0.05, 0) is 50.1 Å². The number of hydrogen-bond donors (Lipinski definition) is 2. The van der Waals surface area contributed by atoms with Gasteiger partial charge < -0.3 is 15.0 Å². The quantitative estimate of drug-likeness (QED) is 0.703. The van der Waals surface area contributed by atoms with Gasteiger partial charge in [0.2, 0.25) is 0 Å². The molecule has 24 heavy (non-hydrogen) atoms. The number of carbonyl (C=O) groups is 1. The molecule has 124 valence electrons. The third-order valence-corrected chi connectivity index (χ3v) is 4.58. The number of aryl methyl sites for hydroxylation is 3. The van der Waals surface area contributed by atoms with E-state index < -0.39 is 0 Å². The number of rotatable bonds is 3. The molecule has 3 aromatic rings. The summed E-state index contributed by atoms with van der Waals surface area (Å²) >= 11 is 6.11. The fourth-order valence-electron chi connectivity index (χ4n) is 2.78. The van der Waals surface area contributed by atoms with Crippen molar-refractivity contribution in [3.8, 4) is 5.75 Å². The summed E-state index contributed by atoms with van der Waals surface area (Å²) < 4.78 is 5.31. The van der Waals surface area contributed by atoms with Crippen LogP contribution < -0.4 is 10.1 Å². The lowest BCUT2D eigenvalue weighted by atomic mass is 10.1. The molecule has 5 heteroatoms. The first-order valence-corrected chi connectivity index (χ1v) is 8.03. The Morgan fingerprint density at radius 2 is 1.92 bits per heavy atom. The topological polar surface area (TPSA) is 54.1 Å². The van der Waals surface area contributed by atoms with E-state index in [2.05, 4.69) is 16.4 Å². The summed E-state index contributed by atoms with van der Waals surface area (Å²) in [5, 5.41) is 4.56. The predicted octanol–water partition coefficient (Wildman–Crippen LogP) is 5.01. The average molecular weight is 343 g/mol. The second-order valence-corrected chi connectivity index (χ2v) is 6.34. The minimum Gasteiger partial charge on any atom is -0.495 e. The van der Waals surface area contributed by atoms with E-state index in [1.165, 1.54) is 0 Å². The highest BCUT2D eigenvalue weighted by atomic mass is 35.5. The van der Waals surface area contributed by atoms with Gasteiger partial charge >= 0.3 is 0 Å². The Bertz CT molecular complexity index is 944. The van der Waals surface area contributed by atoms with Crippen molar-refractivity contribution in [2.24, 2.45) is 0 Å². The molecule has 0 bridgehead atoms. The number of fused-ring (bicyclic) bond motifs is 1. The van der Waals surface area contributed by atoms with Crippen molar-refractivity contribution < 1.29 is 9.53 Å². The molecule has 0 spiro atoms. The molecule has 3 rings (SSSR count). The van der Waals surface area contributed by atoms with Crippen molar-refractivity contribution in [3.63, 3.8) is 0 Å². The maximum atomic E-state index is 12.7. The smallest absolute Gasteiger partial charge is 0.272 e. The van der Waals surface area contributed by atoms with E-state index in [1.54, 1.807) is 19.2 Å². The Balaban J connectivity index is 1.99. The van der Waals surface area contributed by atoms with Gasteiger partial charge in [-0.1, -0.05) is 23.2 Å². The van der Waals surface area contributed by atoms with Gasteiger partial charge in [-0.2, -0.15) is 0 Å². The van der Waals surface area contributed by atoms with Crippen LogP contribution in [0.5, 0.6) is 5.75 Å². The van der Waals surface area contributed by atoms with Crippen LogP contribution in [0.25, 0.3) is 10.9 Å². The largest absolute Gasteiger partial charge is 0.495 e. The van der Waals surface area contributed by atoms with Crippen LogP contribution in [0.15, 0.2) is 30.3 Å². The van der Waals surface area contributed by atoms with E-state index in [0.717, 1.165) is 27.6 Å². The number of carbonyl (C=O) groups excluding carboxylic acids is 1. The van der Waals surface area contributed by atoms with Crippen LogP contribution in [-0.2, 0) is 0 Å². The maximum Gasteiger partial charge on any atom is 0.272 e. The number of aromatic amines is 1. The van der Waals surface area contributed by atoms with Gasteiger partial charge in [0.1, 0.15) is 11.4 Å². The summed E-state index contributed by atoms with van der Waals surface area (Å²) in [4.78, 5) is 15.9. The molecule has 0 saturated carbocycles. The summed E-state index contributed by atoms with van der Waals surface area (Å²) in [6.45, 7) is 5.86. The molecule has 0 radical (unpaired) electrons. The van der Waals surface area contributed by atoms with E-state index in [-0.39, 0.29) is 5.91 Å². The van der Waals surface area contributed by atoms with Crippen LogP contribution in [0.2, 0.25) is 5.02 Å². The van der Waals surface area contributed by atoms with Crippen molar-refractivity contribution in [2.75, 3.05) is 12.4 Å². The molecule has 0 aliphatic rings. The molecule has 0 atom stereocenters. The SMILES string of the molecule is COc1cc(Cl)c(C)cc1NC(=O)c1[nH]c2ccc(C)cc2c1C. The Labute approximate surface area is 145 Å². The molecular formula is C19H19ClN2O2. The predicted molar refractivity (Wildman–Crippen MR) is 98.5 cm³/mol. The number of halogens is 1. The van der Waals surface area contributed by atoms with Crippen molar-refractivity contribution in [2.45, 2.75) is 20.8 Å². The highest BCUT2D eigenvalue weighted by Crippen LogP contribution is 2.32. The van der Waals surface area contributed by atoms with Gasteiger partial charge in [0.25, 0.3) is 5.91 Å². The molecule has 1 aromatic heterocycles. The summed E-state index contributed by atoms with van der Waals surface area (Å²) in [6.07, 6.45) is 0. The second kappa shape index (κ2) is 6.21. The number of methoxy groups -OCH3 is 1. The standard InChI is InChI=1S/C19H19ClN2O2/c1-10-5-6-15-13(7-10)12(3)18(21-15)19(23)22-16-8-11(2)14(20)9-17(16)24-4/h5-9,21H,1-4H3,(H,22,23). The number of aromatic nitrogens is 1. The van der Waals surface area contributed by atoms with Crippen LogP contribution in [0, 0.1) is 20.8 Å². The molecular weight excluding hydrogens is 324 g/mol. The number of benzene rings is 2. The molecule has 0 unspecified atom stereocenters. The first-order valence-electron chi connectivity index (χ1n) is 7.65. The number of hydrogen-bond acceptors (Lipinski definition) is 2. The normalized spacial score (nSPS) is 10.9. The zero-order chi connectivity index (χ0) is 17.4. The van der Waals surface area contributed by atoms with Crippen molar-refractivity contribution in [1.82, 2.24) is 4.98 Å². The minimum absolute atomic E-state index is 0.207. The van der Waals surface area contributed by atoms with E-state index in [0.29, 0.717) is 22.2 Å².